The molecule has 0 radical (unpaired) electrons. The van der Waals surface area contributed by atoms with Crippen LogP contribution in [0.25, 0.3) is 0 Å². The summed E-state index contributed by atoms with van der Waals surface area (Å²) in [5, 5.41) is 0. The summed E-state index contributed by atoms with van der Waals surface area (Å²) in [7, 11) is 0. The Bertz CT molecular complexity index is 1340. The number of fused-ring (bicyclic) bond motifs is 2. The molecule has 0 fully saturated rings. The molecule has 2 aromatic carbocycles. The fourth-order valence-corrected chi connectivity index (χ4v) is 6.24. The third kappa shape index (κ3) is 24.9. The van der Waals surface area contributed by atoms with Crippen molar-refractivity contribution < 1.29 is 57.0 Å². The van der Waals surface area contributed by atoms with Crippen LogP contribution in [0.5, 0.6) is 23.0 Å². The SMILES string of the molecule is C=CCCCCCCCCC(=O)OCc1ccc2c(c1)OCCOCCOCCOc1cc(COC(=O)CCCCCCCCC=C)ccc1OCCOCCOCCO2. The highest BCUT2D eigenvalue weighted by Gasteiger charge is 2.12. The predicted octanol–water partition coefficient (Wildman–Crippen LogP) is 9.68. The molecule has 1 heterocycles. The highest BCUT2D eigenvalue weighted by atomic mass is 16.6. The molecule has 0 saturated heterocycles. The van der Waals surface area contributed by atoms with Crippen LogP contribution in [0, 0.1) is 0 Å². The molecule has 0 aliphatic carbocycles. The van der Waals surface area contributed by atoms with Crippen molar-refractivity contribution in [3.8, 4) is 23.0 Å². The first kappa shape index (κ1) is 50.3. The molecular formula is C48H72O12. The summed E-state index contributed by atoms with van der Waals surface area (Å²) in [6.07, 6.45) is 20.0. The van der Waals surface area contributed by atoms with E-state index < -0.39 is 0 Å². The van der Waals surface area contributed by atoms with E-state index in [1.54, 1.807) is 0 Å². The zero-order chi connectivity index (χ0) is 42.6. The molecule has 60 heavy (non-hydrogen) atoms. The predicted molar refractivity (Wildman–Crippen MR) is 232 cm³/mol. The van der Waals surface area contributed by atoms with Crippen LogP contribution in [0.2, 0.25) is 0 Å². The summed E-state index contributed by atoms with van der Waals surface area (Å²) in [6.45, 7) is 12.0. The quantitative estimate of drug-likeness (QED) is 0.0637. The molecule has 1 aliphatic heterocycles. The smallest absolute Gasteiger partial charge is 0.306 e. The fourth-order valence-electron chi connectivity index (χ4n) is 6.24. The second-order valence-corrected chi connectivity index (χ2v) is 14.6. The molecule has 0 spiro atoms. The molecule has 2 aromatic rings. The van der Waals surface area contributed by atoms with Gasteiger partial charge in [0.15, 0.2) is 23.0 Å². The van der Waals surface area contributed by atoms with Gasteiger partial charge in [0.25, 0.3) is 0 Å². The molecule has 0 unspecified atom stereocenters. The summed E-state index contributed by atoms with van der Waals surface area (Å²) < 4.78 is 58.1. The largest absolute Gasteiger partial charge is 0.487 e. The van der Waals surface area contributed by atoms with Gasteiger partial charge in [0.05, 0.1) is 52.9 Å². The Kier molecular flexibility index (Phi) is 29.0. The van der Waals surface area contributed by atoms with Gasteiger partial charge >= 0.3 is 11.9 Å². The van der Waals surface area contributed by atoms with Gasteiger partial charge in [-0.15, -0.1) is 13.2 Å². The van der Waals surface area contributed by atoms with Gasteiger partial charge in [-0.25, -0.2) is 0 Å². The van der Waals surface area contributed by atoms with Gasteiger partial charge < -0.3 is 47.4 Å². The van der Waals surface area contributed by atoms with E-state index in [0.29, 0.717) is 102 Å². The lowest BCUT2D eigenvalue weighted by molar-refractivity contribution is -0.146. The van der Waals surface area contributed by atoms with Crippen molar-refractivity contribution in [1.29, 1.82) is 0 Å². The number of rotatable bonds is 22. The van der Waals surface area contributed by atoms with E-state index in [-0.39, 0.29) is 38.4 Å². The van der Waals surface area contributed by atoms with Crippen LogP contribution in [0.1, 0.15) is 114 Å². The number of unbranched alkanes of at least 4 members (excludes halogenated alkanes) is 12. The minimum Gasteiger partial charge on any atom is -0.487 e. The number of hydrogen-bond donors (Lipinski definition) is 0. The van der Waals surface area contributed by atoms with E-state index in [1.165, 1.54) is 38.5 Å². The van der Waals surface area contributed by atoms with Crippen molar-refractivity contribution in [2.24, 2.45) is 0 Å². The number of ether oxygens (including phenoxy) is 10. The Morgan fingerprint density at radius 3 is 1.12 bits per heavy atom. The molecule has 12 heteroatoms. The van der Waals surface area contributed by atoms with Crippen LogP contribution in [-0.4, -0.2) is 91.2 Å². The van der Waals surface area contributed by atoms with Gasteiger partial charge in [0, 0.05) is 12.8 Å². The minimum absolute atomic E-state index is 0.155. The van der Waals surface area contributed by atoms with Crippen molar-refractivity contribution in [2.45, 2.75) is 116 Å². The number of hydrogen-bond acceptors (Lipinski definition) is 12. The maximum Gasteiger partial charge on any atom is 0.306 e. The lowest BCUT2D eigenvalue weighted by Gasteiger charge is -2.16. The van der Waals surface area contributed by atoms with Gasteiger partial charge in [-0.05, 0) is 73.9 Å². The maximum absolute atomic E-state index is 12.4. The number of carbonyl (C=O) groups is 2. The molecule has 0 N–H and O–H groups in total. The normalized spacial score (nSPS) is 14.9. The molecule has 0 amide bonds. The standard InChI is InChI=1S/C48H72O12/c1-3-5-7-9-11-13-15-17-19-47(49)59-39-41-21-23-43-45(37-41)57-35-31-53-27-28-54-32-36-58-46-38-42(40-60-48(50)20-18-16-14-12-10-8-6-4-2)22-24-44(46)56-34-30-52-26-25-51-29-33-55-43/h3-4,21-24,37-38H,1-2,5-20,25-36,39-40H2. The zero-order valence-corrected chi connectivity index (χ0v) is 36.1. The summed E-state index contributed by atoms with van der Waals surface area (Å²) in [5.74, 6) is 1.80. The molecule has 0 saturated carbocycles. The van der Waals surface area contributed by atoms with Gasteiger partial charge in [-0.2, -0.15) is 0 Å². The van der Waals surface area contributed by atoms with Crippen LogP contribution in [-0.2, 0) is 51.2 Å². The average Bonchev–Trinajstić information content (AvgIpc) is 3.25. The molecule has 0 aromatic heterocycles. The van der Waals surface area contributed by atoms with Gasteiger partial charge in [0.2, 0.25) is 0 Å². The monoisotopic (exact) mass is 841 g/mol. The Morgan fingerprint density at radius 2 is 0.750 bits per heavy atom. The number of carbonyl (C=O) groups excluding carboxylic acids is 2. The van der Waals surface area contributed by atoms with E-state index in [2.05, 4.69) is 13.2 Å². The van der Waals surface area contributed by atoms with Crippen molar-refractivity contribution in [3.63, 3.8) is 0 Å². The summed E-state index contributed by atoms with van der Waals surface area (Å²) in [4.78, 5) is 24.8. The second-order valence-electron chi connectivity index (χ2n) is 14.6. The van der Waals surface area contributed by atoms with E-state index in [0.717, 1.165) is 62.5 Å². The summed E-state index contributed by atoms with van der Waals surface area (Å²) >= 11 is 0. The van der Waals surface area contributed by atoms with Crippen LogP contribution >= 0.6 is 0 Å². The lowest BCUT2D eigenvalue weighted by atomic mass is 10.1. The van der Waals surface area contributed by atoms with Gasteiger partial charge in [0.1, 0.15) is 39.6 Å². The van der Waals surface area contributed by atoms with Gasteiger partial charge in [-0.1, -0.05) is 75.7 Å². The van der Waals surface area contributed by atoms with Gasteiger partial charge in [-0.3, -0.25) is 9.59 Å². The molecule has 3 rings (SSSR count). The van der Waals surface area contributed by atoms with E-state index in [1.807, 2.05) is 48.6 Å². The number of esters is 2. The highest BCUT2D eigenvalue weighted by molar-refractivity contribution is 5.69. The van der Waals surface area contributed by atoms with Crippen LogP contribution in [0.15, 0.2) is 61.7 Å². The molecular weight excluding hydrogens is 769 g/mol. The van der Waals surface area contributed by atoms with E-state index >= 15 is 0 Å². The summed E-state index contributed by atoms with van der Waals surface area (Å²) in [6, 6.07) is 11.0. The Balaban J connectivity index is 1.42. The summed E-state index contributed by atoms with van der Waals surface area (Å²) in [5.41, 5.74) is 1.61. The van der Waals surface area contributed by atoms with Crippen LogP contribution in [0.4, 0.5) is 0 Å². The van der Waals surface area contributed by atoms with Crippen molar-refractivity contribution in [3.05, 3.63) is 72.8 Å². The third-order valence-electron chi connectivity index (χ3n) is 9.58. The number of benzene rings is 2. The molecule has 336 valence electrons. The Morgan fingerprint density at radius 1 is 0.433 bits per heavy atom. The van der Waals surface area contributed by atoms with E-state index in [4.69, 9.17) is 47.4 Å². The molecule has 0 bridgehead atoms. The van der Waals surface area contributed by atoms with E-state index in [9.17, 15) is 9.59 Å². The van der Waals surface area contributed by atoms with Crippen LogP contribution < -0.4 is 18.9 Å². The van der Waals surface area contributed by atoms with Crippen molar-refractivity contribution in [1.82, 2.24) is 0 Å². The van der Waals surface area contributed by atoms with Crippen LogP contribution in [0.3, 0.4) is 0 Å². The first-order valence-electron chi connectivity index (χ1n) is 22.2. The minimum atomic E-state index is -0.200. The lowest BCUT2D eigenvalue weighted by Crippen LogP contribution is -2.16. The van der Waals surface area contributed by atoms with Crippen molar-refractivity contribution >= 4 is 11.9 Å². The maximum atomic E-state index is 12.4. The fraction of sp³-hybridized carbons (Fsp3) is 0.625. The highest BCUT2D eigenvalue weighted by Crippen LogP contribution is 2.30. The second kappa shape index (κ2) is 34.6. The Labute approximate surface area is 359 Å². The first-order chi connectivity index (χ1) is 29.6. The zero-order valence-electron chi connectivity index (χ0n) is 36.1. The topological polar surface area (TPSA) is 126 Å². The Hall–Kier alpha value is -4.10. The average molecular weight is 841 g/mol. The first-order valence-corrected chi connectivity index (χ1v) is 22.2. The molecule has 12 nitrogen and oxygen atoms in total. The molecule has 0 atom stereocenters. The number of allylic oxidation sites excluding steroid dienone is 2. The third-order valence-corrected chi connectivity index (χ3v) is 9.58. The van der Waals surface area contributed by atoms with Crippen molar-refractivity contribution in [2.75, 3.05) is 79.3 Å². The molecule has 1 aliphatic rings.